The molecular formula is C18H17NO2S. The van der Waals surface area contributed by atoms with Gasteiger partial charge >= 0.3 is 5.97 Å². The minimum Gasteiger partial charge on any atom is -0.465 e. The maximum Gasteiger partial charge on any atom is 0.319 e. The van der Waals surface area contributed by atoms with Crippen LogP contribution in [0.25, 0.3) is 0 Å². The van der Waals surface area contributed by atoms with Gasteiger partial charge in [0.1, 0.15) is 5.25 Å². The molecule has 112 valence electrons. The van der Waals surface area contributed by atoms with E-state index in [1.807, 2.05) is 61.5 Å². The first-order valence-corrected chi connectivity index (χ1v) is 8.21. The van der Waals surface area contributed by atoms with Crippen LogP contribution < -0.4 is 0 Å². The molecule has 22 heavy (non-hydrogen) atoms. The van der Waals surface area contributed by atoms with Gasteiger partial charge in [0, 0.05) is 11.3 Å². The first-order valence-electron chi connectivity index (χ1n) is 7.33. The zero-order valence-electron chi connectivity index (χ0n) is 12.4. The van der Waals surface area contributed by atoms with Crippen LogP contribution in [0.3, 0.4) is 0 Å². The standard InChI is InChI=1S/C18H17NO2S/c1-2-21-18(20)17-12-15(13-8-4-3-5-9-13)19-14-10-6-7-11-16(14)22-17/h3-11,17H,2,12H2,1H3. The normalized spacial score (nSPS) is 17.1. The summed E-state index contributed by atoms with van der Waals surface area (Å²) in [7, 11) is 0. The lowest BCUT2D eigenvalue weighted by Gasteiger charge is -2.14. The second-order valence-electron chi connectivity index (χ2n) is 4.95. The molecule has 2 aromatic carbocycles. The van der Waals surface area contributed by atoms with Crippen LogP contribution in [-0.2, 0) is 9.53 Å². The Morgan fingerprint density at radius 1 is 1.18 bits per heavy atom. The highest BCUT2D eigenvalue weighted by Gasteiger charge is 2.27. The Kier molecular flexibility index (Phi) is 4.59. The van der Waals surface area contributed by atoms with Crippen molar-refractivity contribution in [1.29, 1.82) is 0 Å². The number of esters is 1. The maximum absolute atomic E-state index is 12.2. The van der Waals surface area contributed by atoms with E-state index in [1.165, 1.54) is 11.8 Å². The smallest absolute Gasteiger partial charge is 0.319 e. The average molecular weight is 311 g/mol. The van der Waals surface area contributed by atoms with E-state index >= 15 is 0 Å². The maximum atomic E-state index is 12.2. The molecule has 0 fully saturated rings. The molecule has 0 bridgehead atoms. The van der Waals surface area contributed by atoms with Crippen molar-refractivity contribution in [3.63, 3.8) is 0 Å². The lowest BCUT2D eigenvalue weighted by Crippen LogP contribution is -2.23. The number of carbonyl (C=O) groups excluding carboxylic acids is 1. The molecule has 2 aromatic rings. The van der Waals surface area contributed by atoms with E-state index in [2.05, 4.69) is 0 Å². The van der Waals surface area contributed by atoms with Crippen molar-refractivity contribution in [2.75, 3.05) is 6.61 Å². The number of nitrogens with zero attached hydrogens (tertiary/aromatic N) is 1. The quantitative estimate of drug-likeness (QED) is 0.796. The fourth-order valence-electron chi connectivity index (χ4n) is 2.39. The van der Waals surface area contributed by atoms with Crippen molar-refractivity contribution in [1.82, 2.24) is 0 Å². The van der Waals surface area contributed by atoms with Gasteiger partial charge in [-0.3, -0.25) is 9.79 Å². The van der Waals surface area contributed by atoms with Crippen LogP contribution in [0.5, 0.6) is 0 Å². The molecule has 1 aliphatic rings. The highest BCUT2D eigenvalue weighted by Crippen LogP contribution is 2.38. The van der Waals surface area contributed by atoms with Gasteiger partial charge in [-0.25, -0.2) is 0 Å². The van der Waals surface area contributed by atoms with Gasteiger partial charge < -0.3 is 4.74 Å². The number of ether oxygens (including phenoxy) is 1. The summed E-state index contributed by atoms with van der Waals surface area (Å²) in [5.41, 5.74) is 2.89. The van der Waals surface area contributed by atoms with Crippen molar-refractivity contribution in [2.24, 2.45) is 4.99 Å². The molecule has 3 nitrogen and oxygen atoms in total. The SMILES string of the molecule is CCOC(=O)C1CC(c2ccccc2)=Nc2ccccc2S1. The van der Waals surface area contributed by atoms with Gasteiger partial charge in [-0.1, -0.05) is 42.5 Å². The van der Waals surface area contributed by atoms with Crippen LogP contribution in [0.2, 0.25) is 0 Å². The van der Waals surface area contributed by atoms with Crippen LogP contribution in [-0.4, -0.2) is 23.5 Å². The van der Waals surface area contributed by atoms with Gasteiger partial charge in [0.25, 0.3) is 0 Å². The Labute approximate surface area is 134 Å². The van der Waals surface area contributed by atoms with E-state index in [4.69, 9.17) is 9.73 Å². The van der Waals surface area contributed by atoms with Gasteiger partial charge in [-0.2, -0.15) is 0 Å². The number of para-hydroxylation sites is 1. The van der Waals surface area contributed by atoms with Gasteiger partial charge in [0.05, 0.1) is 18.0 Å². The third kappa shape index (κ3) is 3.22. The Morgan fingerprint density at radius 2 is 1.91 bits per heavy atom. The first kappa shape index (κ1) is 14.9. The van der Waals surface area contributed by atoms with Crippen molar-refractivity contribution in [3.05, 3.63) is 60.2 Å². The molecule has 0 spiro atoms. The van der Waals surface area contributed by atoms with E-state index in [9.17, 15) is 4.79 Å². The third-order valence-electron chi connectivity index (χ3n) is 3.43. The number of aliphatic imine (C=N–C) groups is 1. The van der Waals surface area contributed by atoms with E-state index < -0.39 is 0 Å². The van der Waals surface area contributed by atoms with Crippen LogP contribution in [0.1, 0.15) is 18.9 Å². The van der Waals surface area contributed by atoms with Crippen molar-refractivity contribution >= 4 is 29.1 Å². The van der Waals surface area contributed by atoms with Crippen molar-refractivity contribution in [2.45, 2.75) is 23.5 Å². The Morgan fingerprint density at radius 3 is 2.68 bits per heavy atom. The largest absolute Gasteiger partial charge is 0.465 e. The Bertz CT molecular complexity index is 697. The second kappa shape index (κ2) is 6.79. The van der Waals surface area contributed by atoms with Crippen molar-refractivity contribution < 1.29 is 9.53 Å². The number of rotatable bonds is 3. The zero-order valence-corrected chi connectivity index (χ0v) is 13.2. The first-order chi connectivity index (χ1) is 10.8. The summed E-state index contributed by atoms with van der Waals surface area (Å²) < 4.78 is 5.22. The number of carbonyl (C=O) groups is 1. The molecule has 0 N–H and O–H groups in total. The summed E-state index contributed by atoms with van der Waals surface area (Å²) >= 11 is 1.54. The summed E-state index contributed by atoms with van der Waals surface area (Å²) in [5, 5.41) is -0.262. The van der Waals surface area contributed by atoms with Gasteiger partial charge in [0.2, 0.25) is 0 Å². The molecular weight excluding hydrogens is 294 g/mol. The van der Waals surface area contributed by atoms with Gasteiger partial charge in [-0.15, -0.1) is 11.8 Å². The molecule has 0 aromatic heterocycles. The van der Waals surface area contributed by atoms with E-state index in [1.54, 1.807) is 0 Å². The number of fused-ring (bicyclic) bond motifs is 1. The van der Waals surface area contributed by atoms with E-state index in [0.29, 0.717) is 13.0 Å². The topological polar surface area (TPSA) is 38.7 Å². The third-order valence-corrected chi connectivity index (χ3v) is 4.67. The highest BCUT2D eigenvalue weighted by molar-refractivity contribution is 8.00. The van der Waals surface area contributed by atoms with Gasteiger partial charge in [0.15, 0.2) is 0 Å². The van der Waals surface area contributed by atoms with Crippen LogP contribution in [0, 0.1) is 0 Å². The van der Waals surface area contributed by atoms with Crippen LogP contribution in [0.15, 0.2) is 64.5 Å². The zero-order chi connectivity index (χ0) is 15.4. The lowest BCUT2D eigenvalue weighted by atomic mass is 10.1. The number of thioether (sulfide) groups is 1. The molecule has 4 heteroatoms. The summed E-state index contributed by atoms with van der Waals surface area (Å²) in [4.78, 5) is 18.0. The minimum absolute atomic E-state index is 0.173. The monoisotopic (exact) mass is 311 g/mol. The summed E-state index contributed by atoms with van der Waals surface area (Å²) in [6, 6.07) is 17.9. The molecule has 0 radical (unpaired) electrons. The number of hydrogen-bond donors (Lipinski definition) is 0. The number of benzene rings is 2. The predicted molar refractivity (Wildman–Crippen MR) is 90.0 cm³/mol. The molecule has 3 rings (SSSR count). The summed E-state index contributed by atoms with van der Waals surface area (Å²) in [6.45, 7) is 2.23. The molecule has 0 amide bonds. The molecule has 0 aliphatic carbocycles. The predicted octanol–water partition coefficient (Wildman–Crippen LogP) is 4.23. The van der Waals surface area contributed by atoms with E-state index in [0.717, 1.165) is 21.9 Å². The fraction of sp³-hybridized carbons (Fsp3) is 0.222. The van der Waals surface area contributed by atoms with Gasteiger partial charge in [-0.05, 0) is 24.6 Å². The molecule has 1 aliphatic heterocycles. The lowest BCUT2D eigenvalue weighted by molar-refractivity contribution is -0.142. The molecule has 0 saturated heterocycles. The fourth-order valence-corrected chi connectivity index (χ4v) is 3.49. The Balaban J connectivity index is 2.01. The van der Waals surface area contributed by atoms with E-state index in [-0.39, 0.29) is 11.2 Å². The molecule has 0 saturated carbocycles. The number of hydrogen-bond acceptors (Lipinski definition) is 4. The molecule has 1 atom stereocenters. The summed E-state index contributed by atoms with van der Waals surface area (Å²) in [5.74, 6) is -0.173. The summed E-state index contributed by atoms with van der Waals surface area (Å²) in [6.07, 6.45) is 0.572. The molecule has 1 heterocycles. The average Bonchev–Trinajstić information content (AvgIpc) is 2.75. The molecule has 1 unspecified atom stereocenters. The second-order valence-corrected chi connectivity index (χ2v) is 6.20. The highest BCUT2D eigenvalue weighted by atomic mass is 32.2. The van der Waals surface area contributed by atoms with Crippen LogP contribution in [0.4, 0.5) is 5.69 Å². The van der Waals surface area contributed by atoms with Crippen molar-refractivity contribution in [3.8, 4) is 0 Å². The Hall–Kier alpha value is -2.07. The van der Waals surface area contributed by atoms with Crippen LogP contribution >= 0.6 is 11.8 Å². The minimum atomic E-state index is -0.262.